The number of ether oxygens (including phenoxy) is 2. The highest BCUT2D eigenvalue weighted by atomic mass is 16.5. The molecule has 162 valence electrons. The van der Waals surface area contributed by atoms with Gasteiger partial charge < -0.3 is 9.47 Å². The fourth-order valence-electron chi connectivity index (χ4n) is 4.82. The van der Waals surface area contributed by atoms with Gasteiger partial charge in [-0.3, -0.25) is 19.4 Å². The number of carbonyl (C=O) groups is 3. The van der Waals surface area contributed by atoms with Crippen molar-refractivity contribution in [2.24, 2.45) is 16.9 Å². The van der Waals surface area contributed by atoms with E-state index in [4.69, 9.17) is 9.47 Å². The van der Waals surface area contributed by atoms with Crippen molar-refractivity contribution in [2.75, 3.05) is 19.1 Å². The molecule has 0 N–H and O–H groups in total. The summed E-state index contributed by atoms with van der Waals surface area (Å²) in [4.78, 5) is 41.9. The minimum absolute atomic E-state index is 0.263. The van der Waals surface area contributed by atoms with Gasteiger partial charge in [-0.1, -0.05) is 18.2 Å². The number of fused-ring (bicyclic) bond motifs is 3. The van der Waals surface area contributed by atoms with Crippen LogP contribution in [0.1, 0.15) is 10.4 Å². The van der Waals surface area contributed by atoms with Crippen LogP contribution in [-0.2, 0) is 9.59 Å². The number of para-hydroxylation sites is 2. The van der Waals surface area contributed by atoms with Gasteiger partial charge in [0.2, 0.25) is 11.8 Å². The molecule has 8 heteroatoms. The maximum absolute atomic E-state index is 13.6. The van der Waals surface area contributed by atoms with E-state index < -0.39 is 29.8 Å². The molecule has 0 radical (unpaired) electrons. The summed E-state index contributed by atoms with van der Waals surface area (Å²) in [6.45, 7) is 0. The number of hydrogen-bond acceptors (Lipinski definition) is 7. The van der Waals surface area contributed by atoms with Gasteiger partial charge in [-0.25, -0.2) is 4.90 Å². The summed E-state index contributed by atoms with van der Waals surface area (Å²) in [5, 5.41) is 5.96. The minimum Gasteiger partial charge on any atom is -0.497 e. The van der Waals surface area contributed by atoms with Crippen LogP contribution in [-0.4, -0.2) is 55.1 Å². The third-order valence-corrected chi connectivity index (χ3v) is 6.26. The van der Waals surface area contributed by atoms with Gasteiger partial charge in [-0.15, -0.1) is 0 Å². The Morgan fingerprint density at radius 2 is 1.66 bits per heavy atom. The average molecular weight is 431 g/mol. The number of methoxy groups -OCH3 is 2. The lowest BCUT2D eigenvalue weighted by atomic mass is 9.86. The summed E-state index contributed by atoms with van der Waals surface area (Å²) in [6.07, 6.45) is 5.13. The van der Waals surface area contributed by atoms with E-state index in [1.165, 1.54) is 7.11 Å². The summed E-state index contributed by atoms with van der Waals surface area (Å²) in [5.41, 5.74) is 0.806. The molecule has 8 nitrogen and oxygen atoms in total. The summed E-state index contributed by atoms with van der Waals surface area (Å²) in [7, 11) is 3.04. The normalized spacial score (nSPS) is 25.7. The molecule has 2 saturated heterocycles. The molecule has 3 aliphatic heterocycles. The standard InChI is InChI=1S/C24H21N3O5/c1-31-15-11-9-14(10-12-15)22(28)21-20-19(17-7-5-13-25-27(17)21)23(29)26(24(20)30)16-6-3-4-8-18(16)32-2/h3-13,17,19-21H,1-2H3/t17-,19-,20-,21+/m0/s1. The van der Waals surface area contributed by atoms with Crippen molar-refractivity contribution in [3.8, 4) is 11.5 Å². The van der Waals surface area contributed by atoms with Crippen LogP contribution >= 0.6 is 0 Å². The number of imide groups is 1. The van der Waals surface area contributed by atoms with Gasteiger partial charge in [0.05, 0.1) is 37.8 Å². The van der Waals surface area contributed by atoms with Crippen molar-refractivity contribution in [3.63, 3.8) is 0 Å². The van der Waals surface area contributed by atoms with E-state index in [0.717, 1.165) is 4.90 Å². The van der Waals surface area contributed by atoms with Crippen LogP contribution in [0, 0.1) is 11.8 Å². The predicted molar refractivity (Wildman–Crippen MR) is 117 cm³/mol. The lowest BCUT2D eigenvalue weighted by Gasteiger charge is -2.30. The van der Waals surface area contributed by atoms with Crippen LogP contribution < -0.4 is 14.4 Å². The molecule has 0 spiro atoms. The third-order valence-electron chi connectivity index (χ3n) is 6.26. The molecular formula is C24H21N3O5. The first-order valence-corrected chi connectivity index (χ1v) is 10.2. The molecule has 0 aromatic heterocycles. The monoisotopic (exact) mass is 431 g/mol. The number of hydrogen-bond donors (Lipinski definition) is 0. The first-order chi connectivity index (χ1) is 15.6. The number of carbonyl (C=O) groups excluding carboxylic acids is 3. The van der Waals surface area contributed by atoms with E-state index in [2.05, 4.69) is 5.10 Å². The zero-order chi connectivity index (χ0) is 22.4. The lowest BCUT2D eigenvalue weighted by molar-refractivity contribution is -0.123. The number of benzene rings is 2. The Balaban J connectivity index is 1.57. The first-order valence-electron chi connectivity index (χ1n) is 10.2. The molecule has 3 heterocycles. The molecule has 0 aliphatic carbocycles. The molecular weight excluding hydrogens is 410 g/mol. The average Bonchev–Trinajstić information content (AvgIpc) is 3.31. The van der Waals surface area contributed by atoms with Crippen LogP contribution in [0.15, 0.2) is 65.8 Å². The molecule has 3 aliphatic rings. The number of amides is 2. The van der Waals surface area contributed by atoms with Gasteiger partial charge >= 0.3 is 0 Å². The van der Waals surface area contributed by atoms with Crippen LogP contribution in [0.3, 0.4) is 0 Å². The van der Waals surface area contributed by atoms with E-state index in [0.29, 0.717) is 22.7 Å². The number of ketones is 1. The Morgan fingerprint density at radius 3 is 2.38 bits per heavy atom. The summed E-state index contributed by atoms with van der Waals surface area (Å²) >= 11 is 0. The fourth-order valence-corrected chi connectivity index (χ4v) is 4.82. The van der Waals surface area contributed by atoms with E-state index in [1.807, 2.05) is 6.08 Å². The van der Waals surface area contributed by atoms with E-state index in [-0.39, 0.29) is 11.7 Å². The van der Waals surface area contributed by atoms with Crippen LogP contribution in [0.25, 0.3) is 0 Å². The van der Waals surface area contributed by atoms with Crippen molar-refractivity contribution >= 4 is 29.5 Å². The number of anilines is 1. The maximum atomic E-state index is 13.6. The molecule has 4 atom stereocenters. The van der Waals surface area contributed by atoms with Crippen LogP contribution in [0.5, 0.6) is 11.5 Å². The number of allylic oxidation sites excluding steroid dienone is 1. The van der Waals surface area contributed by atoms with Gasteiger partial charge in [0.1, 0.15) is 17.5 Å². The molecule has 2 aromatic rings. The molecule has 32 heavy (non-hydrogen) atoms. The second kappa shape index (κ2) is 7.64. The maximum Gasteiger partial charge on any atom is 0.240 e. The number of hydrazone groups is 1. The Morgan fingerprint density at radius 1 is 0.938 bits per heavy atom. The van der Waals surface area contributed by atoms with Crippen LogP contribution in [0.2, 0.25) is 0 Å². The summed E-state index contributed by atoms with van der Waals surface area (Å²) in [5.74, 6) is -1.57. The van der Waals surface area contributed by atoms with Crippen molar-refractivity contribution in [2.45, 2.75) is 12.1 Å². The highest BCUT2D eigenvalue weighted by molar-refractivity contribution is 6.25. The van der Waals surface area contributed by atoms with E-state index in [1.54, 1.807) is 72.9 Å². The van der Waals surface area contributed by atoms with Crippen molar-refractivity contribution < 1.29 is 23.9 Å². The minimum atomic E-state index is -0.893. The van der Waals surface area contributed by atoms with Crippen molar-refractivity contribution in [1.29, 1.82) is 0 Å². The van der Waals surface area contributed by atoms with Gasteiger partial charge in [0, 0.05) is 11.8 Å². The van der Waals surface area contributed by atoms with Crippen molar-refractivity contribution in [3.05, 3.63) is 66.2 Å². The van der Waals surface area contributed by atoms with Gasteiger partial charge in [-0.05, 0) is 42.5 Å². The molecule has 2 fully saturated rings. The van der Waals surface area contributed by atoms with Gasteiger partial charge in [-0.2, -0.15) is 5.10 Å². The molecule has 0 bridgehead atoms. The number of nitrogens with zero attached hydrogens (tertiary/aromatic N) is 3. The lowest BCUT2D eigenvalue weighted by Crippen LogP contribution is -2.46. The Labute approximate surface area is 184 Å². The Bertz CT molecular complexity index is 1160. The highest BCUT2D eigenvalue weighted by Gasteiger charge is 2.64. The van der Waals surface area contributed by atoms with Gasteiger partial charge in [0.25, 0.3) is 0 Å². The highest BCUT2D eigenvalue weighted by Crippen LogP contribution is 2.47. The Hall–Kier alpha value is -3.94. The third kappa shape index (κ3) is 2.83. The largest absolute Gasteiger partial charge is 0.497 e. The summed E-state index contributed by atoms with van der Waals surface area (Å²) < 4.78 is 10.5. The van der Waals surface area contributed by atoms with Gasteiger partial charge in [0.15, 0.2) is 5.78 Å². The SMILES string of the molecule is COc1ccc(C(=O)[C@H]2[C@H]3C(=O)N(c4ccccc4OC)C(=O)[C@H]3[C@@H]3C=CC=NN32)cc1. The van der Waals surface area contributed by atoms with E-state index in [9.17, 15) is 14.4 Å². The van der Waals surface area contributed by atoms with E-state index >= 15 is 0 Å². The molecule has 5 rings (SSSR count). The first kappa shape index (κ1) is 20.0. The molecule has 0 unspecified atom stereocenters. The topological polar surface area (TPSA) is 88.5 Å². The zero-order valence-electron chi connectivity index (χ0n) is 17.5. The number of Topliss-reactive ketones (excluding diaryl/α,β-unsaturated/α-hetero) is 1. The molecule has 2 aromatic carbocycles. The smallest absolute Gasteiger partial charge is 0.240 e. The van der Waals surface area contributed by atoms with Crippen LogP contribution in [0.4, 0.5) is 5.69 Å². The molecule has 0 saturated carbocycles. The predicted octanol–water partition coefficient (Wildman–Crippen LogP) is 2.30. The zero-order valence-corrected chi connectivity index (χ0v) is 17.5. The Kier molecular flexibility index (Phi) is 4.77. The van der Waals surface area contributed by atoms with Crippen molar-refractivity contribution in [1.82, 2.24) is 5.01 Å². The molecule has 2 amide bonds. The number of rotatable bonds is 5. The summed E-state index contributed by atoms with van der Waals surface area (Å²) in [6, 6.07) is 12.2. The fraction of sp³-hybridized carbons (Fsp3) is 0.250. The second-order valence-electron chi connectivity index (χ2n) is 7.79. The quantitative estimate of drug-likeness (QED) is 0.533. The second-order valence-corrected chi connectivity index (χ2v) is 7.79.